The zero-order chi connectivity index (χ0) is 21.7. The molecule has 156 valence electrons. The summed E-state index contributed by atoms with van der Waals surface area (Å²) in [4.78, 5) is 12.9. The molecule has 0 saturated heterocycles. The van der Waals surface area contributed by atoms with Gasteiger partial charge in [0.2, 0.25) is 0 Å². The van der Waals surface area contributed by atoms with Crippen LogP contribution in [0.5, 0.6) is 5.75 Å². The van der Waals surface area contributed by atoms with Gasteiger partial charge in [-0.2, -0.15) is 0 Å². The molecule has 0 aromatic heterocycles. The monoisotopic (exact) mass is 424 g/mol. The first kappa shape index (κ1) is 21.4. The van der Waals surface area contributed by atoms with E-state index >= 15 is 0 Å². The van der Waals surface area contributed by atoms with Crippen molar-refractivity contribution in [1.29, 1.82) is 0 Å². The number of carbonyl (C=O) groups is 1. The third-order valence-electron chi connectivity index (χ3n) is 4.74. The lowest BCUT2D eigenvalue weighted by Crippen LogP contribution is -2.28. The number of hydrogen-bond donors (Lipinski definition) is 2. The normalized spacial score (nSPS) is 12.1. The van der Waals surface area contributed by atoms with Gasteiger partial charge in [-0.05, 0) is 55.3 Å². The molecule has 2 N–H and O–H groups in total. The summed E-state index contributed by atoms with van der Waals surface area (Å²) in [5, 5.41) is 2.91. The molecule has 0 aliphatic carbocycles. The SMILES string of the molecule is COc1ccc(S(=O)(=O)Nc2ccccc2C(=O)NC(C)c2ccccc2)cc1C. The van der Waals surface area contributed by atoms with E-state index in [9.17, 15) is 13.2 Å². The minimum absolute atomic E-state index is 0.0914. The summed E-state index contributed by atoms with van der Waals surface area (Å²) in [6, 6.07) is 20.4. The van der Waals surface area contributed by atoms with Crippen molar-refractivity contribution in [3.05, 3.63) is 89.5 Å². The maximum Gasteiger partial charge on any atom is 0.261 e. The Hall–Kier alpha value is -3.32. The van der Waals surface area contributed by atoms with Gasteiger partial charge in [0, 0.05) is 0 Å². The third kappa shape index (κ3) is 4.80. The van der Waals surface area contributed by atoms with Crippen LogP contribution in [-0.4, -0.2) is 21.4 Å². The third-order valence-corrected chi connectivity index (χ3v) is 6.10. The van der Waals surface area contributed by atoms with E-state index in [-0.39, 0.29) is 28.1 Å². The van der Waals surface area contributed by atoms with Gasteiger partial charge in [-0.15, -0.1) is 0 Å². The van der Waals surface area contributed by atoms with Crippen LogP contribution in [0.25, 0.3) is 0 Å². The van der Waals surface area contributed by atoms with Crippen LogP contribution in [0.1, 0.15) is 34.5 Å². The van der Waals surface area contributed by atoms with Crippen LogP contribution < -0.4 is 14.8 Å². The quantitative estimate of drug-likeness (QED) is 0.592. The Labute approximate surface area is 177 Å². The number of sulfonamides is 1. The predicted molar refractivity (Wildman–Crippen MR) is 117 cm³/mol. The molecule has 3 rings (SSSR count). The van der Waals surface area contributed by atoms with Gasteiger partial charge < -0.3 is 10.1 Å². The van der Waals surface area contributed by atoms with Crippen LogP contribution >= 0.6 is 0 Å². The topological polar surface area (TPSA) is 84.5 Å². The Morgan fingerprint density at radius 2 is 1.63 bits per heavy atom. The lowest BCUT2D eigenvalue weighted by atomic mass is 10.1. The van der Waals surface area contributed by atoms with Crippen LogP contribution in [0.15, 0.2) is 77.7 Å². The second-order valence-electron chi connectivity index (χ2n) is 6.89. The largest absolute Gasteiger partial charge is 0.496 e. The molecular formula is C23H24N2O4S. The van der Waals surface area contributed by atoms with Crippen molar-refractivity contribution in [2.45, 2.75) is 24.8 Å². The van der Waals surface area contributed by atoms with Crippen molar-refractivity contribution in [3.8, 4) is 5.75 Å². The van der Waals surface area contributed by atoms with Crippen LogP contribution in [0.4, 0.5) is 5.69 Å². The van der Waals surface area contributed by atoms with Crippen molar-refractivity contribution < 1.29 is 17.9 Å². The van der Waals surface area contributed by atoms with Crippen molar-refractivity contribution in [1.82, 2.24) is 5.32 Å². The zero-order valence-electron chi connectivity index (χ0n) is 17.0. The average molecular weight is 425 g/mol. The van der Waals surface area contributed by atoms with Gasteiger partial charge >= 0.3 is 0 Å². The van der Waals surface area contributed by atoms with E-state index in [0.717, 1.165) is 5.56 Å². The molecule has 0 heterocycles. The minimum atomic E-state index is -3.88. The number of ether oxygens (including phenoxy) is 1. The second kappa shape index (κ2) is 9.00. The van der Waals surface area contributed by atoms with Crippen molar-refractivity contribution >= 4 is 21.6 Å². The molecule has 3 aromatic rings. The molecule has 3 aromatic carbocycles. The van der Waals surface area contributed by atoms with E-state index in [1.165, 1.54) is 19.2 Å². The number of rotatable bonds is 7. The van der Waals surface area contributed by atoms with Gasteiger partial charge in [0.1, 0.15) is 5.75 Å². The Kier molecular flexibility index (Phi) is 6.42. The molecule has 0 spiro atoms. The molecule has 0 saturated carbocycles. The summed E-state index contributed by atoms with van der Waals surface area (Å²) in [5.41, 5.74) is 2.11. The standard InChI is InChI=1S/C23H24N2O4S/c1-16-15-19(13-14-22(16)29-3)30(27,28)25-21-12-8-7-11-20(21)23(26)24-17(2)18-9-5-4-6-10-18/h4-15,17,25H,1-3H3,(H,24,26). The molecule has 7 heteroatoms. The van der Waals surface area contributed by atoms with Gasteiger partial charge in [0.15, 0.2) is 0 Å². The predicted octanol–water partition coefficient (Wildman–Crippen LogP) is 4.30. The van der Waals surface area contributed by atoms with E-state index in [1.807, 2.05) is 37.3 Å². The molecule has 0 radical (unpaired) electrons. The number of benzene rings is 3. The summed E-state index contributed by atoms with van der Waals surface area (Å²) < 4.78 is 33.5. The summed E-state index contributed by atoms with van der Waals surface area (Å²) in [7, 11) is -2.36. The highest BCUT2D eigenvalue weighted by Crippen LogP contribution is 2.25. The molecular weight excluding hydrogens is 400 g/mol. The van der Waals surface area contributed by atoms with Crippen LogP contribution in [-0.2, 0) is 10.0 Å². The molecule has 1 amide bonds. The summed E-state index contributed by atoms with van der Waals surface area (Å²) in [5.74, 6) is 0.235. The van der Waals surface area contributed by atoms with Crippen LogP contribution in [0.3, 0.4) is 0 Å². The number of methoxy groups -OCH3 is 1. The highest BCUT2D eigenvalue weighted by Gasteiger charge is 2.20. The Bertz CT molecular complexity index is 1140. The van der Waals surface area contributed by atoms with Gasteiger partial charge in [0.25, 0.3) is 15.9 Å². The zero-order valence-corrected chi connectivity index (χ0v) is 17.9. The molecule has 30 heavy (non-hydrogen) atoms. The van der Waals surface area contributed by atoms with Gasteiger partial charge in [-0.1, -0.05) is 42.5 Å². The molecule has 0 aliphatic rings. The smallest absolute Gasteiger partial charge is 0.261 e. The Morgan fingerprint density at radius 3 is 2.30 bits per heavy atom. The van der Waals surface area contributed by atoms with E-state index in [1.54, 1.807) is 37.3 Å². The van der Waals surface area contributed by atoms with Crippen LogP contribution in [0.2, 0.25) is 0 Å². The Morgan fingerprint density at radius 1 is 0.967 bits per heavy atom. The maximum atomic E-state index is 12.9. The van der Waals surface area contributed by atoms with Crippen molar-refractivity contribution in [2.75, 3.05) is 11.8 Å². The van der Waals surface area contributed by atoms with E-state index in [4.69, 9.17) is 4.74 Å². The van der Waals surface area contributed by atoms with Gasteiger partial charge in [-0.3, -0.25) is 9.52 Å². The minimum Gasteiger partial charge on any atom is -0.496 e. The van der Waals surface area contributed by atoms with Gasteiger partial charge in [-0.25, -0.2) is 8.42 Å². The van der Waals surface area contributed by atoms with E-state index in [0.29, 0.717) is 11.3 Å². The van der Waals surface area contributed by atoms with E-state index < -0.39 is 10.0 Å². The summed E-state index contributed by atoms with van der Waals surface area (Å²) in [6.45, 7) is 3.64. The fraction of sp³-hybridized carbons (Fsp3) is 0.174. The van der Waals surface area contributed by atoms with Crippen molar-refractivity contribution in [2.24, 2.45) is 0 Å². The number of nitrogens with one attached hydrogen (secondary N) is 2. The number of hydrogen-bond acceptors (Lipinski definition) is 4. The molecule has 0 aliphatic heterocycles. The number of anilines is 1. The molecule has 1 atom stereocenters. The lowest BCUT2D eigenvalue weighted by Gasteiger charge is -2.17. The number of para-hydroxylation sites is 1. The number of carbonyl (C=O) groups excluding carboxylic acids is 1. The summed E-state index contributed by atoms with van der Waals surface area (Å²) in [6.07, 6.45) is 0. The van der Waals surface area contributed by atoms with Gasteiger partial charge in [0.05, 0.1) is 29.3 Å². The fourth-order valence-electron chi connectivity index (χ4n) is 3.09. The molecule has 1 unspecified atom stereocenters. The Balaban J connectivity index is 1.84. The fourth-order valence-corrected chi connectivity index (χ4v) is 4.26. The lowest BCUT2D eigenvalue weighted by molar-refractivity contribution is 0.0941. The van der Waals surface area contributed by atoms with Crippen LogP contribution in [0, 0.1) is 6.92 Å². The number of amides is 1. The first-order chi connectivity index (χ1) is 14.3. The second-order valence-corrected chi connectivity index (χ2v) is 8.57. The molecule has 6 nitrogen and oxygen atoms in total. The van der Waals surface area contributed by atoms with E-state index in [2.05, 4.69) is 10.0 Å². The highest BCUT2D eigenvalue weighted by atomic mass is 32.2. The number of aryl methyl sites for hydroxylation is 1. The maximum absolute atomic E-state index is 12.9. The molecule has 0 bridgehead atoms. The first-order valence-corrected chi connectivity index (χ1v) is 10.9. The summed E-state index contributed by atoms with van der Waals surface area (Å²) >= 11 is 0. The van der Waals surface area contributed by atoms with Crippen molar-refractivity contribution in [3.63, 3.8) is 0 Å². The first-order valence-electron chi connectivity index (χ1n) is 9.44. The molecule has 0 fully saturated rings. The highest BCUT2D eigenvalue weighted by molar-refractivity contribution is 7.92. The average Bonchev–Trinajstić information content (AvgIpc) is 2.74.